The Bertz CT molecular complexity index is 438. The van der Waals surface area contributed by atoms with Crippen molar-refractivity contribution >= 4 is 11.8 Å². The first-order valence-electron chi connectivity index (χ1n) is 7.38. The monoisotopic (exact) mass is 294 g/mol. The van der Waals surface area contributed by atoms with Gasteiger partial charge >= 0.3 is 0 Å². The molecule has 0 saturated carbocycles. The highest BCUT2D eigenvalue weighted by Gasteiger charge is 2.39. The summed E-state index contributed by atoms with van der Waals surface area (Å²) in [6, 6.07) is 7.76. The van der Waals surface area contributed by atoms with E-state index in [1.807, 2.05) is 36.0 Å². The number of hydrogen-bond donors (Lipinski definition) is 1. The third-order valence-electron chi connectivity index (χ3n) is 4.29. The maximum Gasteiger partial charge on any atom is 0.125 e. The van der Waals surface area contributed by atoms with Crippen molar-refractivity contribution in [1.29, 1.82) is 0 Å². The number of rotatable bonds is 3. The van der Waals surface area contributed by atoms with Gasteiger partial charge < -0.3 is 14.6 Å². The fourth-order valence-electron chi connectivity index (χ4n) is 3.10. The molecule has 110 valence electrons. The number of thioether (sulfide) groups is 1. The molecule has 0 radical (unpaired) electrons. The standard InChI is InChI=1S/C16H22O3S/c17-12-13-3-1-2-4-15(13)19-14-5-8-18-16(11-14)6-9-20-10-7-16/h1-4,14,17H,5-12H2. The number of aliphatic hydroxyl groups is 1. The molecule has 2 aliphatic heterocycles. The molecule has 1 N–H and O–H groups in total. The molecule has 1 aromatic carbocycles. The SMILES string of the molecule is OCc1ccccc1OC1CCOC2(CCSCC2)C1. The van der Waals surface area contributed by atoms with Crippen molar-refractivity contribution in [1.82, 2.24) is 0 Å². The van der Waals surface area contributed by atoms with E-state index in [2.05, 4.69) is 0 Å². The predicted molar refractivity (Wildman–Crippen MR) is 81.3 cm³/mol. The van der Waals surface area contributed by atoms with Crippen LogP contribution >= 0.6 is 11.8 Å². The zero-order chi connectivity index (χ0) is 13.8. The molecule has 0 aromatic heterocycles. The summed E-state index contributed by atoms with van der Waals surface area (Å²) in [5.74, 6) is 3.21. The third-order valence-corrected chi connectivity index (χ3v) is 5.27. The van der Waals surface area contributed by atoms with Crippen molar-refractivity contribution in [3.63, 3.8) is 0 Å². The van der Waals surface area contributed by atoms with Crippen molar-refractivity contribution in [3.05, 3.63) is 29.8 Å². The van der Waals surface area contributed by atoms with Gasteiger partial charge in [-0.15, -0.1) is 0 Å². The second kappa shape index (κ2) is 6.37. The van der Waals surface area contributed by atoms with Crippen LogP contribution in [-0.2, 0) is 11.3 Å². The van der Waals surface area contributed by atoms with Crippen LogP contribution in [0.3, 0.4) is 0 Å². The smallest absolute Gasteiger partial charge is 0.125 e. The average molecular weight is 294 g/mol. The molecule has 2 fully saturated rings. The lowest BCUT2D eigenvalue weighted by Gasteiger charge is -2.43. The Morgan fingerprint density at radius 1 is 1.30 bits per heavy atom. The lowest BCUT2D eigenvalue weighted by molar-refractivity contribution is -0.116. The van der Waals surface area contributed by atoms with E-state index in [4.69, 9.17) is 9.47 Å². The normalized spacial score (nSPS) is 25.6. The molecule has 1 atom stereocenters. The van der Waals surface area contributed by atoms with Gasteiger partial charge in [0.15, 0.2) is 0 Å². The number of benzene rings is 1. The maximum atomic E-state index is 9.38. The van der Waals surface area contributed by atoms with Gasteiger partial charge in [-0.2, -0.15) is 11.8 Å². The molecule has 3 rings (SSSR count). The summed E-state index contributed by atoms with van der Waals surface area (Å²) >= 11 is 2.02. The molecule has 0 amide bonds. The van der Waals surface area contributed by atoms with Crippen LogP contribution in [0.1, 0.15) is 31.2 Å². The van der Waals surface area contributed by atoms with E-state index in [-0.39, 0.29) is 18.3 Å². The molecule has 2 saturated heterocycles. The Labute approximate surface area is 124 Å². The molecule has 0 bridgehead atoms. The summed E-state index contributed by atoms with van der Waals surface area (Å²) in [6.07, 6.45) is 4.40. The van der Waals surface area contributed by atoms with E-state index >= 15 is 0 Å². The minimum absolute atomic E-state index is 0.0289. The van der Waals surface area contributed by atoms with Crippen molar-refractivity contribution in [2.24, 2.45) is 0 Å². The van der Waals surface area contributed by atoms with E-state index in [9.17, 15) is 5.11 Å². The van der Waals surface area contributed by atoms with E-state index in [0.29, 0.717) is 0 Å². The fourth-order valence-corrected chi connectivity index (χ4v) is 4.34. The van der Waals surface area contributed by atoms with Crippen LogP contribution in [0.4, 0.5) is 0 Å². The van der Waals surface area contributed by atoms with Gasteiger partial charge in [0.25, 0.3) is 0 Å². The van der Waals surface area contributed by atoms with E-state index in [1.54, 1.807) is 0 Å². The Morgan fingerprint density at radius 2 is 2.10 bits per heavy atom. The van der Waals surface area contributed by atoms with Gasteiger partial charge in [0, 0.05) is 18.4 Å². The molecule has 0 aliphatic carbocycles. The molecule has 3 nitrogen and oxygen atoms in total. The van der Waals surface area contributed by atoms with Gasteiger partial charge in [-0.25, -0.2) is 0 Å². The van der Waals surface area contributed by atoms with Crippen LogP contribution in [0.2, 0.25) is 0 Å². The molecule has 20 heavy (non-hydrogen) atoms. The summed E-state index contributed by atoms with van der Waals surface area (Å²) in [4.78, 5) is 0. The van der Waals surface area contributed by atoms with Crippen LogP contribution in [0, 0.1) is 0 Å². The predicted octanol–water partition coefficient (Wildman–Crippen LogP) is 3.00. The zero-order valence-corrected chi connectivity index (χ0v) is 12.5. The lowest BCUT2D eigenvalue weighted by Crippen LogP contribution is -2.46. The van der Waals surface area contributed by atoms with Crippen molar-refractivity contribution in [2.75, 3.05) is 18.1 Å². The van der Waals surface area contributed by atoms with Crippen molar-refractivity contribution in [2.45, 2.75) is 44.0 Å². The van der Waals surface area contributed by atoms with Gasteiger partial charge in [0.1, 0.15) is 11.9 Å². The molecular formula is C16H22O3S. The topological polar surface area (TPSA) is 38.7 Å². The van der Waals surface area contributed by atoms with Crippen LogP contribution in [-0.4, -0.2) is 34.9 Å². The zero-order valence-electron chi connectivity index (χ0n) is 11.7. The van der Waals surface area contributed by atoms with Crippen LogP contribution in [0.15, 0.2) is 24.3 Å². The first-order chi connectivity index (χ1) is 9.81. The minimum atomic E-state index is 0.0289. The highest BCUT2D eigenvalue weighted by atomic mass is 32.2. The first kappa shape index (κ1) is 14.2. The van der Waals surface area contributed by atoms with E-state index in [0.717, 1.165) is 43.6 Å². The number of hydrogen-bond acceptors (Lipinski definition) is 4. The average Bonchev–Trinajstić information content (AvgIpc) is 2.49. The van der Waals surface area contributed by atoms with Gasteiger partial charge in [0.2, 0.25) is 0 Å². The maximum absolute atomic E-state index is 9.38. The molecule has 4 heteroatoms. The quantitative estimate of drug-likeness (QED) is 0.930. The van der Waals surface area contributed by atoms with Gasteiger partial charge in [-0.3, -0.25) is 0 Å². The van der Waals surface area contributed by atoms with Crippen molar-refractivity contribution in [3.8, 4) is 5.75 Å². The second-order valence-corrected chi connectivity index (χ2v) is 6.87. The first-order valence-corrected chi connectivity index (χ1v) is 8.54. The second-order valence-electron chi connectivity index (χ2n) is 5.64. The van der Waals surface area contributed by atoms with Gasteiger partial charge in [-0.1, -0.05) is 18.2 Å². The van der Waals surface area contributed by atoms with Crippen molar-refractivity contribution < 1.29 is 14.6 Å². The van der Waals surface area contributed by atoms with Gasteiger partial charge in [-0.05, 0) is 30.4 Å². The van der Waals surface area contributed by atoms with E-state index < -0.39 is 0 Å². The summed E-state index contributed by atoms with van der Waals surface area (Å²) in [7, 11) is 0. The Morgan fingerprint density at radius 3 is 2.90 bits per heavy atom. The molecule has 1 aromatic rings. The minimum Gasteiger partial charge on any atom is -0.490 e. The number of ether oxygens (including phenoxy) is 2. The lowest BCUT2D eigenvalue weighted by atomic mass is 9.86. The third kappa shape index (κ3) is 3.13. The Kier molecular flexibility index (Phi) is 4.54. The fraction of sp³-hybridized carbons (Fsp3) is 0.625. The highest BCUT2D eigenvalue weighted by Crippen LogP contribution is 2.38. The highest BCUT2D eigenvalue weighted by molar-refractivity contribution is 7.99. The molecular weight excluding hydrogens is 272 g/mol. The van der Waals surface area contributed by atoms with Crippen LogP contribution in [0.25, 0.3) is 0 Å². The molecule has 2 heterocycles. The van der Waals surface area contributed by atoms with Crippen LogP contribution in [0.5, 0.6) is 5.75 Å². The van der Waals surface area contributed by atoms with Gasteiger partial charge in [0.05, 0.1) is 18.8 Å². The van der Waals surface area contributed by atoms with E-state index in [1.165, 1.54) is 11.5 Å². The molecule has 1 unspecified atom stereocenters. The Hall–Kier alpha value is -0.710. The molecule has 1 spiro atoms. The summed E-state index contributed by atoms with van der Waals surface area (Å²) in [6.45, 7) is 0.817. The molecule has 2 aliphatic rings. The van der Waals surface area contributed by atoms with Crippen LogP contribution < -0.4 is 4.74 Å². The number of para-hydroxylation sites is 1. The summed E-state index contributed by atoms with van der Waals surface area (Å²) in [5, 5.41) is 9.38. The largest absolute Gasteiger partial charge is 0.490 e. The summed E-state index contributed by atoms with van der Waals surface area (Å²) < 4.78 is 12.2. The number of aliphatic hydroxyl groups excluding tert-OH is 1. The summed E-state index contributed by atoms with van der Waals surface area (Å²) in [5.41, 5.74) is 0.912. The Balaban J connectivity index is 1.68.